The zero-order valence-electron chi connectivity index (χ0n) is 11.4. The van der Waals surface area contributed by atoms with Crippen LogP contribution < -0.4 is 20.7 Å². The molecule has 106 valence electrons. The molecule has 0 bridgehead atoms. The molecule has 0 aliphatic rings. The number of benzene rings is 1. The van der Waals surface area contributed by atoms with Crippen LogP contribution in [0.15, 0.2) is 24.3 Å². The van der Waals surface area contributed by atoms with Gasteiger partial charge in [0, 0.05) is 6.42 Å². The molecule has 1 aromatic rings. The van der Waals surface area contributed by atoms with Gasteiger partial charge in [0.15, 0.2) is 0 Å². The van der Waals surface area contributed by atoms with Crippen LogP contribution in [0.1, 0.15) is 32.6 Å². The minimum Gasteiger partial charge on any atom is -0.494 e. The number of amides is 1. The van der Waals surface area contributed by atoms with E-state index in [4.69, 9.17) is 15.3 Å². The van der Waals surface area contributed by atoms with E-state index in [-0.39, 0.29) is 5.91 Å². The van der Waals surface area contributed by atoms with Gasteiger partial charge in [-0.1, -0.05) is 0 Å². The summed E-state index contributed by atoms with van der Waals surface area (Å²) in [6.07, 6.45) is 3.17. The molecular weight excluding hydrogens is 244 g/mol. The third kappa shape index (κ3) is 6.67. The standard InChI is InChI=1S/C14H22N2O3/c1-2-18-12-7-9-13(10-8-12)19-11-5-3-4-6-14(17)16-15/h7-10H,2-6,11,15H2,1H3,(H,16,17). The van der Waals surface area contributed by atoms with Crippen LogP contribution in [-0.2, 0) is 4.79 Å². The molecule has 0 saturated heterocycles. The van der Waals surface area contributed by atoms with Gasteiger partial charge < -0.3 is 9.47 Å². The first-order chi connectivity index (χ1) is 9.26. The number of carbonyl (C=O) groups excluding carboxylic acids is 1. The zero-order chi connectivity index (χ0) is 13.9. The highest BCUT2D eigenvalue weighted by molar-refractivity contribution is 5.74. The Kier molecular flexibility index (Phi) is 7.43. The van der Waals surface area contributed by atoms with Crippen LogP contribution in [-0.4, -0.2) is 19.1 Å². The molecule has 1 rings (SSSR count). The minimum absolute atomic E-state index is 0.118. The van der Waals surface area contributed by atoms with Crippen molar-refractivity contribution < 1.29 is 14.3 Å². The minimum atomic E-state index is -0.118. The quantitative estimate of drug-likeness (QED) is 0.310. The van der Waals surface area contributed by atoms with Gasteiger partial charge in [-0.15, -0.1) is 0 Å². The highest BCUT2D eigenvalue weighted by Crippen LogP contribution is 2.17. The Balaban J connectivity index is 2.10. The summed E-state index contributed by atoms with van der Waals surface area (Å²) in [6.45, 7) is 3.27. The van der Waals surface area contributed by atoms with Crippen LogP contribution in [0.2, 0.25) is 0 Å². The molecule has 0 atom stereocenters. The summed E-state index contributed by atoms with van der Waals surface area (Å²) in [4.78, 5) is 10.9. The van der Waals surface area contributed by atoms with Gasteiger partial charge in [-0.3, -0.25) is 10.2 Å². The lowest BCUT2D eigenvalue weighted by atomic mass is 10.2. The number of carbonyl (C=O) groups is 1. The average Bonchev–Trinajstić information content (AvgIpc) is 2.44. The first kappa shape index (κ1) is 15.3. The second-order valence-electron chi connectivity index (χ2n) is 4.13. The maximum atomic E-state index is 10.9. The number of nitrogens with one attached hydrogen (secondary N) is 1. The van der Waals surface area contributed by atoms with E-state index in [9.17, 15) is 4.79 Å². The third-order valence-electron chi connectivity index (χ3n) is 2.61. The zero-order valence-corrected chi connectivity index (χ0v) is 11.4. The largest absolute Gasteiger partial charge is 0.494 e. The molecule has 19 heavy (non-hydrogen) atoms. The first-order valence-electron chi connectivity index (χ1n) is 6.61. The van der Waals surface area contributed by atoms with Gasteiger partial charge in [0.05, 0.1) is 13.2 Å². The Morgan fingerprint density at radius 2 is 1.74 bits per heavy atom. The van der Waals surface area contributed by atoms with Gasteiger partial charge in [0.25, 0.3) is 0 Å². The number of rotatable bonds is 9. The van der Waals surface area contributed by atoms with Gasteiger partial charge in [-0.05, 0) is 50.5 Å². The van der Waals surface area contributed by atoms with E-state index in [2.05, 4.69) is 5.43 Å². The van der Waals surface area contributed by atoms with Crippen molar-refractivity contribution in [3.63, 3.8) is 0 Å². The Hall–Kier alpha value is -1.75. The second kappa shape index (κ2) is 9.22. The van der Waals surface area contributed by atoms with E-state index in [1.54, 1.807) is 0 Å². The fourth-order valence-electron chi connectivity index (χ4n) is 1.63. The summed E-state index contributed by atoms with van der Waals surface area (Å²) in [5.74, 6) is 6.56. The van der Waals surface area contributed by atoms with Crippen molar-refractivity contribution in [2.75, 3.05) is 13.2 Å². The molecule has 0 unspecified atom stereocenters. The molecule has 3 N–H and O–H groups in total. The van der Waals surface area contributed by atoms with Gasteiger partial charge in [-0.25, -0.2) is 5.84 Å². The highest BCUT2D eigenvalue weighted by Gasteiger charge is 1.99. The van der Waals surface area contributed by atoms with E-state index in [1.165, 1.54) is 0 Å². The van der Waals surface area contributed by atoms with Crippen LogP contribution in [0, 0.1) is 0 Å². The summed E-state index contributed by atoms with van der Waals surface area (Å²) in [5, 5.41) is 0. The maximum absolute atomic E-state index is 10.9. The van der Waals surface area contributed by atoms with Crippen molar-refractivity contribution in [3.05, 3.63) is 24.3 Å². The molecule has 0 aliphatic carbocycles. The summed E-state index contributed by atoms with van der Waals surface area (Å²) in [7, 11) is 0. The molecule has 1 aromatic carbocycles. The molecule has 0 saturated carbocycles. The fourth-order valence-corrected chi connectivity index (χ4v) is 1.63. The fraction of sp³-hybridized carbons (Fsp3) is 0.500. The number of unbranched alkanes of at least 4 members (excludes halogenated alkanes) is 2. The molecule has 5 heteroatoms. The third-order valence-corrected chi connectivity index (χ3v) is 2.61. The molecule has 0 aromatic heterocycles. The van der Waals surface area contributed by atoms with Crippen LogP contribution in [0.5, 0.6) is 11.5 Å². The van der Waals surface area contributed by atoms with Crippen molar-refractivity contribution in [1.82, 2.24) is 5.43 Å². The predicted octanol–water partition coefficient (Wildman–Crippen LogP) is 2.01. The molecule has 0 heterocycles. The number of hydrogen-bond acceptors (Lipinski definition) is 4. The van der Waals surface area contributed by atoms with Crippen LogP contribution in [0.25, 0.3) is 0 Å². The summed E-state index contributed by atoms with van der Waals surface area (Å²) in [5.41, 5.74) is 2.12. The summed E-state index contributed by atoms with van der Waals surface area (Å²) in [6, 6.07) is 7.58. The molecule has 5 nitrogen and oxygen atoms in total. The molecule has 0 radical (unpaired) electrons. The molecule has 0 spiro atoms. The number of ether oxygens (including phenoxy) is 2. The Morgan fingerprint density at radius 1 is 1.11 bits per heavy atom. The monoisotopic (exact) mass is 266 g/mol. The molecule has 0 aliphatic heterocycles. The van der Waals surface area contributed by atoms with Gasteiger partial charge >= 0.3 is 0 Å². The second-order valence-corrected chi connectivity index (χ2v) is 4.13. The molecule has 0 fully saturated rings. The SMILES string of the molecule is CCOc1ccc(OCCCCCC(=O)NN)cc1. The first-order valence-corrected chi connectivity index (χ1v) is 6.61. The summed E-state index contributed by atoms with van der Waals surface area (Å²) < 4.78 is 10.9. The Morgan fingerprint density at radius 3 is 2.32 bits per heavy atom. The molecular formula is C14H22N2O3. The van der Waals surface area contributed by atoms with Gasteiger partial charge in [0.2, 0.25) is 5.91 Å². The van der Waals surface area contributed by atoms with Crippen molar-refractivity contribution in [1.29, 1.82) is 0 Å². The van der Waals surface area contributed by atoms with E-state index in [0.717, 1.165) is 30.8 Å². The normalized spacial score (nSPS) is 10.0. The van der Waals surface area contributed by atoms with Crippen molar-refractivity contribution in [2.24, 2.45) is 5.84 Å². The van der Waals surface area contributed by atoms with Crippen LogP contribution >= 0.6 is 0 Å². The average molecular weight is 266 g/mol. The Bertz CT molecular complexity index is 365. The lowest BCUT2D eigenvalue weighted by molar-refractivity contribution is -0.121. The number of nitrogens with two attached hydrogens (primary N) is 1. The Labute approximate surface area is 114 Å². The predicted molar refractivity (Wildman–Crippen MR) is 73.9 cm³/mol. The van der Waals surface area contributed by atoms with Crippen LogP contribution in [0.4, 0.5) is 0 Å². The smallest absolute Gasteiger partial charge is 0.233 e. The van der Waals surface area contributed by atoms with E-state index < -0.39 is 0 Å². The number of hydrogen-bond donors (Lipinski definition) is 2. The van der Waals surface area contributed by atoms with Crippen molar-refractivity contribution >= 4 is 5.91 Å². The molecule has 1 amide bonds. The number of hydrazine groups is 1. The maximum Gasteiger partial charge on any atom is 0.233 e. The van der Waals surface area contributed by atoms with Crippen molar-refractivity contribution in [3.8, 4) is 11.5 Å². The lowest BCUT2D eigenvalue weighted by Crippen LogP contribution is -2.29. The summed E-state index contributed by atoms with van der Waals surface area (Å²) >= 11 is 0. The van der Waals surface area contributed by atoms with Crippen LogP contribution in [0.3, 0.4) is 0 Å². The lowest BCUT2D eigenvalue weighted by Gasteiger charge is -2.07. The van der Waals surface area contributed by atoms with E-state index in [0.29, 0.717) is 19.6 Å². The topological polar surface area (TPSA) is 73.6 Å². The van der Waals surface area contributed by atoms with Gasteiger partial charge in [-0.2, -0.15) is 0 Å². The van der Waals surface area contributed by atoms with Gasteiger partial charge in [0.1, 0.15) is 11.5 Å². The van der Waals surface area contributed by atoms with Crippen molar-refractivity contribution in [2.45, 2.75) is 32.6 Å². The highest BCUT2D eigenvalue weighted by atomic mass is 16.5. The van der Waals surface area contributed by atoms with E-state index >= 15 is 0 Å². The van der Waals surface area contributed by atoms with E-state index in [1.807, 2.05) is 31.2 Å².